The van der Waals surface area contributed by atoms with Gasteiger partial charge in [-0.3, -0.25) is 14.5 Å². The predicted octanol–water partition coefficient (Wildman–Crippen LogP) is 3.48. The first-order valence-electron chi connectivity index (χ1n) is 8.79. The third-order valence-electron chi connectivity index (χ3n) is 3.86. The molecule has 0 saturated carbocycles. The number of para-hydroxylation sites is 2. The molecule has 152 valence electrons. The standard InChI is InChI=1S/C20H20F2N4O2S/c1-2-26(13-19(28)25-20-14(21)6-5-7-15(20)22)12-18(27)24-16-8-3-4-9-17(16)29-11-10-23/h3-9H,2,11-13H2,1H3,(H,24,27)(H,25,28). The summed E-state index contributed by atoms with van der Waals surface area (Å²) in [5.74, 6) is -2.47. The summed E-state index contributed by atoms with van der Waals surface area (Å²) in [6.45, 7) is 1.86. The second-order valence-corrected chi connectivity index (χ2v) is 6.96. The number of carbonyl (C=O) groups excluding carboxylic acids is 2. The van der Waals surface area contributed by atoms with Gasteiger partial charge in [-0.25, -0.2) is 8.78 Å². The van der Waals surface area contributed by atoms with Crippen LogP contribution in [0.5, 0.6) is 0 Å². The number of hydrogen-bond donors (Lipinski definition) is 2. The Morgan fingerprint density at radius 1 is 1.03 bits per heavy atom. The Hall–Kier alpha value is -2.96. The lowest BCUT2D eigenvalue weighted by atomic mass is 10.3. The zero-order valence-electron chi connectivity index (χ0n) is 15.7. The summed E-state index contributed by atoms with van der Waals surface area (Å²) >= 11 is 1.30. The highest BCUT2D eigenvalue weighted by molar-refractivity contribution is 7.99. The van der Waals surface area contributed by atoms with Crippen molar-refractivity contribution in [3.05, 3.63) is 54.1 Å². The molecule has 0 aliphatic rings. The lowest BCUT2D eigenvalue weighted by molar-refractivity contribution is -0.120. The normalized spacial score (nSPS) is 10.4. The highest BCUT2D eigenvalue weighted by atomic mass is 32.2. The summed E-state index contributed by atoms with van der Waals surface area (Å²) in [5, 5.41) is 13.7. The quantitative estimate of drug-likeness (QED) is 0.609. The number of rotatable bonds is 9. The van der Waals surface area contributed by atoms with E-state index >= 15 is 0 Å². The molecule has 0 fully saturated rings. The number of nitrogens with zero attached hydrogens (tertiary/aromatic N) is 2. The van der Waals surface area contributed by atoms with Crippen molar-refractivity contribution in [3.8, 4) is 6.07 Å². The number of nitriles is 1. The molecule has 0 heterocycles. The molecule has 6 nitrogen and oxygen atoms in total. The molecule has 9 heteroatoms. The number of likely N-dealkylation sites (N-methyl/N-ethyl adjacent to an activating group) is 1. The van der Waals surface area contributed by atoms with E-state index in [-0.39, 0.29) is 24.7 Å². The second-order valence-electron chi connectivity index (χ2n) is 5.94. The monoisotopic (exact) mass is 418 g/mol. The SMILES string of the molecule is CCN(CC(=O)Nc1ccccc1SCC#N)CC(=O)Nc1c(F)cccc1F. The first-order valence-corrected chi connectivity index (χ1v) is 9.78. The number of amides is 2. The van der Waals surface area contributed by atoms with Crippen molar-refractivity contribution in [1.82, 2.24) is 4.90 Å². The van der Waals surface area contributed by atoms with Crippen molar-refractivity contribution in [2.45, 2.75) is 11.8 Å². The molecular formula is C20H20F2N4O2S. The zero-order chi connectivity index (χ0) is 21.2. The molecule has 0 aromatic heterocycles. The van der Waals surface area contributed by atoms with Crippen LogP contribution in [-0.2, 0) is 9.59 Å². The molecule has 0 atom stereocenters. The van der Waals surface area contributed by atoms with Gasteiger partial charge in [-0.1, -0.05) is 25.1 Å². The highest BCUT2D eigenvalue weighted by Gasteiger charge is 2.17. The first kappa shape index (κ1) is 22.3. The Labute approximate surface area is 171 Å². The molecule has 0 spiro atoms. The number of halogens is 2. The van der Waals surface area contributed by atoms with Gasteiger partial charge in [0.15, 0.2) is 0 Å². The molecule has 2 aromatic carbocycles. The van der Waals surface area contributed by atoms with Crippen LogP contribution in [0.2, 0.25) is 0 Å². The Balaban J connectivity index is 1.95. The number of carbonyl (C=O) groups is 2. The number of thioether (sulfide) groups is 1. The van der Waals surface area contributed by atoms with Gasteiger partial charge < -0.3 is 10.6 Å². The third kappa shape index (κ3) is 6.85. The van der Waals surface area contributed by atoms with E-state index in [0.717, 1.165) is 17.0 Å². The molecule has 0 radical (unpaired) electrons. The summed E-state index contributed by atoms with van der Waals surface area (Å²) in [7, 11) is 0. The molecule has 2 aromatic rings. The highest BCUT2D eigenvalue weighted by Crippen LogP contribution is 2.26. The van der Waals surface area contributed by atoms with Crippen LogP contribution < -0.4 is 10.6 Å². The van der Waals surface area contributed by atoms with Crippen LogP contribution in [0.1, 0.15) is 6.92 Å². The zero-order valence-corrected chi connectivity index (χ0v) is 16.6. The van der Waals surface area contributed by atoms with E-state index in [4.69, 9.17) is 5.26 Å². The third-order valence-corrected chi connectivity index (χ3v) is 4.80. The van der Waals surface area contributed by atoms with E-state index in [1.54, 1.807) is 31.2 Å². The molecule has 0 unspecified atom stereocenters. The Kier molecular flexibility index (Phi) is 8.58. The summed E-state index contributed by atoms with van der Waals surface area (Å²) in [6, 6.07) is 12.4. The van der Waals surface area contributed by atoms with Crippen LogP contribution in [0.25, 0.3) is 0 Å². The van der Waals surface area contributed by atoms with E-state index in [1.165, 1.54) is 22.7 Å². The number of anilines is 2. The maximum atomic E-state index is 13.7. The maximum Gasteiger partial charge on any atom is 0.238 e. The molecule has 2 amide bonds. The van der Waals surface area contributed by atoms with E-state index < -0.39 is 23.2 Å². The second kappa shape index (κ2) is 11.1. The number of benzene rings is 2. The summed E-state index contributed by atoms with van der Waals surface area (Å²) < 4.78 is 27.3. The van der Waals surface area contributed by atoms with Crippen LogP contribution in [0.3, 0.4) is 0 Å². The van der Waals surface area contributed by atoms with Crippen molar-refractivity contribution in [3.63, 3.8) is 0 Å². The molecular weight excluding hydrogens is 398 g/mol. The molecule has 2 N–H and O–H groups in total. The predicted molar refractivity (Wildman–Crippen MR) is 109 cm³/mol. The van der Waals surface area contributed by atoms with Crippen LogP contribution in [0.15, 0.2) is 47.4 Å². The van der Waals surface area contributed by atoms with Crippen molar-refractivity contribution >= 4 is 35.0 Å². The molecule has 0 saturated heterocycles. The van der Waals surface area contributed by atoms with Crippen LogP contribution in [0.4, 0.5) is 20.2 Å². The molecule has 0 aliphatic heterocycles. The van der Waals surface area contributed by atoms with Crippen LogP contribution in [0, 0.1) is 23.0 Å². The Morgan fingerprint density at radius 3 is 2.28 bits per heavy atom. The fourth-order valence-corrected chi connectivity index (χ4v) is 3.15. The van der Waals surface area contributed by atoms with Gasteiger partial charge in [0.1, 0.15) is 17.3 Å². The van der Waals surface area contributed by atoms with Gasteiger partial charge in [0.05, 0.1) is 30.6 Å². The number of hydrogen-bond acceptors (Lipinski definition) is 5. The fraction of sp³-hybridized carbons (Fsp3) is 0.250. The van der Waals surface area contributed by atoms with Gasteiger partial charge in [-0.05, 0) is 30.8 Å². The Bertz CT molecular complexity index is 897. The van der Waals surface area contributed by atoms with Crippen molar-refractivity contribution < 1.29 is 18.4 Å². The van der Waals surface area contributed by atoms with Gasteiger partial charge in [0.25, 0.3) is 0 Å². The van der Waals surface area contributed by atoms with Gasteiger partial charge in [-0.2, -0.15) is 5.26 Å². The van der Waals surface area contributed by atoms with Crippen molar-refractivity contribution in [2.75, 3.05) is 36.0 Å². The summed E-state index contributed by atoms with van der Waals surface area (Å²) in [4.78, 5) is 26.8. The molecule has 29 heavy (non-hydrogen) atoms. The van der Waals surface area contributed by atoms with Crippen molar-refractivity contribution in [2.24, 2.45) is 0 Å². The number of nitrogens with one attached hydrogen (secondary N) is 2. The minimum Gasteiger partial charge on any atom is -0.324 e. The van der Waals surface area contributed by atoms with Gasteiger partial charge in [0, 0.05) is 4.90 Å². The summed E-state index contributed by atoms with van der Waals surface area (Å²) in [6.07, 6.45) is 0. The van der Waals surface area contributed by atoms with E-state index in [9.17, 15) is 18.4 Å². The minimum atomic E-state index is -0.870. The molecule has 0 aliphatic carbocycles. The summed E-state index contributed by atoms with van der Waals surface area (Å²) in [5.41, 5.74) is 0.0631. The Morgan fingerprint density at radius 2 is 1.66 bits per heavy atom. The largest absolute Gasteiger partial charge is 0.324 e. The van der Waals surface area contributed by atoms with Crippen LogP contribution in [-0.4, -0.2) is 42.1 Å². The lowest BCUT2D eigenvalue weighted by Crippen LogP contribution is -2.38. The topological polar surface area (TPSA) is 85.2 Å². The average Bonchev–Trinajstić information content (AvgIpc) is 2.69. The van der Waals surface area contributed by atoms with Gasteiger partial charge >= 0.3 is 0 Å². The van der Waals surface area contributed by atoms with Gasteiger partial charge in [-0.15, -0.1) is 11.8 Å². The van der Waals surface area contributed by atoms with Crippen LogP contribution >= 0.6 is 11.8 Å². The first-order chi connectivity index (χ1) is 13.9. The average molecular weight is 418 g/mol. The maximum absolute atomic E-state index is 13.7. The lowest BCUT2D eigenvalue weighted by Gasteiger charge is -2.20. The van der Waals surface area contributed by atoms with E-state index in [1.807, 2.05) is 6.07 Å². The van der Waals surface area contributed by atoms with Crippen molar-refractivity contribution in [1.29, 1.82) is 5.26 Å². The van der Waals surface area contributed by atoms with E-state index in [0.29, 0.717) is 12.2 Å². The molecule has 2 rings (SSSR count). The minimum absolute atomic E-state index is 0.0824. The fourth-order valence-electron chi connectivity index (χ4n) is 2.48. The molecule has 0 bridgehead atoms. The van der Waals surface area contributed by atoms with Gasteiger partial charge in [0.2, 0.25) is 11.8 Å². The van der Waals surface area contributed by atoms with E-state index in [2.05, 4.69) is 10.6 Å². The smallest absolute Gasteiger partial charge is 0.238 e.